The number of para-hydroxylation sites is 2. The van der Waals surface area contributed by atoms with Gasteiger partial charge in [0.2, 0.25) is 0 Å². The molecule has 0 aliphatic carbocycles. The largest absolute Gasteiger partial charge is 0.506 e. The number of carbonyl (C=O) groups excluding carboxylic acids is 1. The fourth-order valence-corrected chi connectivity index (χ4v) is 3.71. The normalized spacial score (nSPS) is 14.7. The van der Waals surface area contributed by atoms with Gasteiger partial charge in [-0.3, -0.25) is 4.79 Å². The van der Waals surface area contributed by atoms with E-state index in [2.05, 4.69) is 20.3 Å². The highest BCUT2D eigenvalue weighted by atomic mass is 35.5. The first kappa shape index (κ1) is 19.2. The van der Waals surface area contributed by atoms with E-state index in [1.165, 1.54) is 11.2 Å². The fourth-order valence-electron chi connectivity index (χ4n) is 3.53. The van der Waals surface area contributed by atoms with Crippen LogP contribution < -0.4 is 15.1 Å². The first-order valence-corrected chi connectivity index (χ1v) is 9.79. The van der Waals surface area contributed by atoms with Crippen molar-refractivity contribution < 1.29 is 14.8 Å². The number of phenols is 1. The summed E-state index contributed by atoms with van der Waals surface area (Å²) in [4.78, 5) is 19.9. The summed E-state index contributed by atoms with van der Waals surface area (Å²) in [5, 5.41) is 17.6. The van der Waals surface area contributed by atoms with Crippen LogP contribution in [0.25, 0.3) is 5.69 Å². The highest BCUT2D eigenvalue weighted by molar-refractivity contribution is 6.31. The van der Waals surface area contributed by atoms with Crippen molar-refractivity contribution in [2.75, 3.05) is 42.9 Å². The second-order valence-electron chi connectivity index (χ2n) is 6.95. The molecule has 0 bridgehead atoms. The van der Waals surface area contributed by atoms with Crippen molar-refractivity contribution in [2.24, 2.45) is 0 Å². The average molecular weight is 414 g/mol. The molecule has 1 amide bonds. The Hall–Kier alpha value is -3.10. The molecule has 1 aromatic heterocycles. The lowest BCUT2D eigenvalue weighted by Gasteiger charge is -2.33. The van der Waals surface area contributed by atoms with Crippen molar-refractivity contribution in [3.05, 3.63) is 60.1 Å². The van der Waals surface area contributed by atoms with Crippen molar-refractivity contribution in [3.63, 3.8) is 0 Å². The number of aromatic nitrogens is 3. The van der Waals surface area contributed by atoms with Gasteiger partial charge in [0.15, 0.2) is 6.54 Å². The third-order valence-electron chi connectivity index (χ3n) is 5.00. The fraction of sp³-hybridized carbons (Fsp3) is 0.250. The number of piperazine rings is 1. The first-order chi connectivity index (χ1) is 14.1. The molecular weight excluding hydrogens is 392 g/mol. The van der Waals surface area contributed by atoms with Crippen LogP contribution in [0, 0.1) is 0 Å². The molecule has 0 spiro atoms. The highest BCUT2D eigenvalue weighted by Crippen LogP contribution is 2.26. The predicted molar refractivity (Wildman–Crippen MR) is 111 cm³/mol. The number of phenolic OH excluding ortho intramolecular Hbond substituents is 1. The van der Waals surface area contributed by atoms with E-state index in [1.54, 1.807) is 35.3 Å². The van der Waals surface area contributed by atoms with Gasteiger partial charge in [-0.15, -0.1) is 0 Å². The number of amides is 1. The number of hydrogen-bond acceptors (Lipinski definition) is 5. The topological polar surface area (TPSA) is 87.7 Å². The van der Waals surface area contributed by atoms with Gasteiger partial charge in [-0.25, -0.2) is 9.67 Å². The minimum Gasteiger partial charge on any atom is -0.506 e. The smallest absolute Gasteiger partial charge is 0.279 e. The van der Waals surface area contributed by atoms with Crippen molar-refractivity contribution in [3.8, 4) is 11.4 Å². The van der Waals surface area contributed by atoms with E-state index in [4.69, 9.17) is 11.6 Å². The lowest BCUT2D eigenvalue weighted by Crippen LogP contribution is -3.15. The maximum Gasteiger partial charge on any atom is 0.279 e. The SMILES string of the molecule is O=C(C[NH+]1CCN(c2ccccc2O)CC1)Nc1cc(Cl)ccc1-n1cncn1. The zero-order chi connectivity index (χ0) is 20.2. The number of halogens is 1. The quantitative estimate of drug-likeness (QED) is 0.580. The van der Waals surface area contributed by atoms with Crippen LogP contribution in [0.2, 0.25) is 5.02 Å². The van der Waals surface area contributed by atoms with Crippen molar-refractivity contribution in [1.29, 1.82) is 0 Å². The van der Waals surface area contributed by atoms with Gasteiger partial charge in [0.05, 0.1) is 43.2 Å². The number of hydrogen-bond donors (Lipinski definition) is 3. The number of benzene rings is 2. The Balaban J connectivity index is 1.37. The minimum absolute atomic E-state index is 0.0837. The summed E-state index contributed by atoms with van der Waals surface area (Å²) >= 11 is 6.11. The van der Waals surface area contributed by atoms with E-state index < -0.39 is 0 Å². The molecule has 1 fully saturated rings. The molecule has 3 N–H and O–H groups in total. The Kier molecular flexibility index (Phi) is 5.64. The molecule has 4 rings (SSSR count). The Morgan fingerprint density at radius 1 is 1.17 bits per heavy atom. The second-order valence-corrected chi connectivity index (χ2v) is 7.39. The molecule has 3 aromatic rings. The zero-order valence-electron chi connectivity index (χ0n) is 15.8. The maximum atomic E-state index is 12.6. The molecule has 0 atom stereocenters. The molecule has 0 unspecified atom stereocenters. The van der Waals surface area contributed by atoms with Crippen LogP contribution in [0.4, 0.5) is 11.4 Å². The van der Waals surface area contributed by atoms with E-state index in [-0.39, 0.29) is 11.7 Å². The van der Waals surface area contributed by atoms with Crippen molar-refractivity contribution >= 4 is 28.9 Å². The number of nitrogens with one attached hydrogen (secondary N) is 2. The molecule has 2 aromatic carbocycles. The van der Waals surface area contributed by atoms with Gasteiger partial charge in [0, 0.05) is 5.02 Å². The summed E-state index contributed by atoms with van der Waals surface area (Å²) in [6, 6.07) is 12.6. The van der Waals surface area contributed by atoms with Gasteiger partial charge in [-0.05, 0) is 30.3 Å². The summed E-state index contributed by atoms with van der Waals surface area (Å²) in [7, 11) is 0. The standard InChI is InChI=1S/C20H21ClN6O2/c21-15-5-6-17(27-14-22-13-23-27)16(11-15)24-20(29)12-25-7-9-26(10-8-25)18-3-1-2-4-19(18)28/h1-6,11,13-14,28H,7-10,12H2,(H,24,29)/p+1. The summed E-state index contributed by atoms with van der Waals surface area (Å²) < 4.78 is 1.59. The minimum atomic E-state index is -0.0837. The summed E-state index contributed by atoms with van der Waals surface area (Å²) in [6.07, 6.45) is 3.01. The van der Waals surface area contributed by atoms with Crippen LogP contribution in [0.5, 0.6) is 5.75 Å². The molecule has 8 nitrogen and oxygen atoms in total. The number of aromatic hydroxyl groups is 1. The number of nitrogens with zero attached hydrogens (tertiary/aromatic N) is 4. The Morgan fingerprint density at radius 2 is 1.97 bits per heavy atom. The highest BCUT2D eigenvalue weighted by Gasteiger charge is 2.24. The van der Waals surface area contributed by atoms with Crippen molar-refractivity contribution in [1.82, 2.24) is 14.8 Å². The number of carbonyl (C=O) groups is 1. The lowest BCUT2D eigenvalue weighted by atomic mass is 10.2. The van der Waals surface area contributed by atoms with E-state index in [0.717, 1.165) is 31.9 Å². The predicted octanol–water partition coefficient (Wildman–Crippen LogP) is 0.970. The van der Waals surface area contributed by atoms with Gasteiger partial charge in [0.25, 0.3) is 5.91 Å². The molecule has 9 heteroatoms. The van der Waals surface area contributed by atoms with Crippen LogP contribution >= 0.6 is 11.6 Å². The van der Waals surface area contributed by atoms with Crippen molar-refractivity contribution in [2.45, 2.75) is 0 Å². The Labute approximate surface area is 173 Å². The monoisotopic (exact) mass is 413 g/mol. The zero-order valence-corrected chi connectivity index (χ0v) is 16.5. The number of anilines is 2. The summed E-state index contributed by atoms with van der Waals surface area (Å²) in [5.74, 6) is 0.204. The van der Waals surface area contributed by atoms with E-state index in [0.29, 0.717) is 22.9 Å². The van der Waals surface area contributed by atoms with E-state index in [9.17, 15) is 9.90 Å². The van der Waals surface area contributed by atoms with Gasteiger partial charge in [-0.2, -0.15) is 5.10 Å². The molecule has 1 aliphatic heterocycles. The molecule has 1 aliphatic rings. The van der Waals surface area contributed by atoms with Crippen LogP contribution in [-0.2, 0) is 4.79 Å². The van der Waals surface area contributed by atoms with Crippen LogP contribution in [-0.4, -0.2) is 58.5 Å². The van der Waals surface area contributed by atoms with Gasteiger partial charge < -0.3 is 20.2 Å². The molecule has 29 heavy (non-hydrogen) atoms. The van der Waals surface area contributed by atoms with Gasteiger partial charge >= 0.3 is 0 Å². The Bertz CT molecular complexity index is 986. The van der Waals surface area contributed by atoms with E-state index in [1.807, 2.05) is 18.2 Å². The van der Waals surface area contributed by atoms with Crippen LogP contribution in [0.15, 0.2) is 55.1 Å². The molecule has 2 heterocycles. The molecular formula is C20H22ClN6O2+. The second kappa shape index (κ2) is 8.50. The first-order valence-electron chi connectivity index (χ1n) is 9.41. The van der Waals surface area contributed by atoms with Crippen LogP contribution in [0.3, 0.4) is 0 Å². The molecule has 0 saturated carbocycles. The molecule has 1 saturated heterocycles. The van der Waals surface area contributed by atoms with Gasteiger partial charge in [-0.1, -0.05) is 23.7 Å². The van der Waals surface area contributed by atoms with Gasteiger partial charge in [0.1, 0.15) is 18.4 Å². The lowest BCUT2D eigenvalue weighted by molar-refractivity contribution is -0.892. The van der Waals surface area contributed by atoms with Crippen LogP contribution in [0.1, 0.15) is 0 Å². The Morgan fingerprint density at radius 3 is 2.69 bits per heavy atom. The molecule has 150 valence electrons. The summed E-state index contributed by atoms with van der Waals surface area (Å²) in [6.45, 7) is 3.54. The number of rotatable bonds is 5. The molecule has 0 radical (unpaired) electrons. The third-order valence-corrected chi connectivity index (χ3v) is 5.24. The maximum absolute atomic E-state index is 12.6. The summed E-state index contributed by atoms with van der Waals surface area (Å²) in [5.41, 5.74) is 2.15. The number of quaternary nitrogens is 1. The third kappa shape index (κ3) is 4.49. The average Bonchev–Trinajstić information content (AvgIpc) is 3.24. The van der Waals surface area contributed by atoms with E-state index >= 15 is 0 Å².